The number of nitrogens with one attached hydrogen (secondary N) is 2. The molecule has 1 unspecified atom stereocenters. The highest BCUT2D eigenvalue weighted by Crippen LogP contribution is 2.61. The van der Waals surface area contributed by atoms with Crippen molar-refractivity contribution in [2.45, 2.75) is 44.6 Å². The van der Waals surface area contributed by atoms with Crippen LogP contribution >= 0.6 is 0 Å². The molecule has 82 valence electrons. The monoisotopic (exact) mass is 204 g/mol. The van der Waals surface area contributed by atoms with Crippen molar-refractivity contribution in [3.63, 3.8) is 0 Å². The lowest BCUT2D eigenvalue weighted by Gasteiger charge is -2.59. The average molecular weight is 204 g/mol. The molecule has 15 heavy (non-hydrogen) atoms. The molecule has 1 atom stereocenters. The smallest absolute Gasteiger partial charge is 0.140 e. The van der Waals surface area contributed by atoms with Crippen molar-refractivity contribution in [3.05, 3.63) is 6.67 Å². The van der Waals surface area contributed by atoms with Crippen LogP contribution in [0, 0.1) is 29.8 Å². The molecule has 0 aromatic rings. The molecular weight excluding hydrogens is 184 g/mol. The van der Waals surface area contributed by atoms with Crippen molar-refractivity contribution in [2.75, 3.05) is 6.54 Å². The summed E-state index contributed by atoms with van der Waals surface area (Å²) in [5.74, 6) is 3.20. The van der Waals surface area contributed by atoms with E-state index >= 15 is 0 Å². The Morgan fingerprint density at radius 2 is 1.53 bits per heavy atom. The lowest BCUT2D eigenvalue weighted by molar-refractivity contribution is -0.0678. The van der Waals surface area contributed by atoms with E-state index in [-0.39, 0.29) is 0 Å². The molecule has 2 N–H and O–H groups in total. The minimum absolute atomic E-state index is 0.644. The predicted molar refractivity (Wildman–Crippen MR) is 58.8 cm³/mol. The second-order valence-corrected chi connectivity index (χ2v) is 6.48. The summed E-state index contributed by atoms with van der Waals surface area (Å²) in [5, 5.41) is 6.69. The average Bonchev–Trinajstić information content (AvgIpc) is 2.67. The van der Waals surface area contributed by atoms with E-state index in [1.54, 1.807) is 19.3 Å². The maximum absolute atomic E-state index is 3.45. The molecule has 5 aliphatic rings. The minimum Gasteiger partial charge on any atom is -0.292 e. The first-order valence-corrected chi connectivity index (χ1v) is 6.57. The molecule has 0 spiro atoms. The Balaban J connectivity index is 1.65. The zero-order valence-corrected chi connectivity index (χ0v) is 9.26. The summed E-state index contributed by atoms with van der Waals surface area (Å²) in [6, 6.07) is 0.686. The van der Waals surface area contributed by atoms with E-state index in [0.29, 0.717) is 11.5 Å². The quantitative estimate of drug-likeness (QED) is 0.680. The van der Waals surface area contributed by atoms with Gasteiger partial charge in [0.15, 0.2) is 0 Å². The zero-order chi connectivity index (χ0) is 9.88. The lowest BCUT2D eigenvalue weighted by atomic mass is 9.48. The Morgan fingerprint density at radius 1 is 0.933 bits per heavy atom. The van der Waals surface area contributed by atoms with Gasteiger partial charge in [-0.3, -0.25) is 10.6 Å². The van der Waals surface area contributed by atoms with E-state index in [1.807, 2.05) is 0 Å². The molecule has 1 aliphatic heterocycles. The highest BCUT2D eigenvalue weighted by molar-refractivity contribution is 5.08. The van der Waals surface area contributed by atoms with Gasteiger partial charge in [0.05, 0.1) is 0 Å². The van der Waals surface area contributed by atoms with Crippen LogP contribution in [0.4, 0.5) is 0 Å². The fraction of sp³-hybridized carbons (Fsp3) is 0.923. The summed E-state index contributed by atoms with van der Waals surface area (Å²) in [6.07, 6.45) is 9.15. The van der Waals surface area contributed by atoms with Gasteiger partial charge in [-0.2, -0.15) is 0 Å². The first kappa shape index (κ1) is 9.00. The fourth-order valence-electron chi connectivity index (χ4n) is 5.32. The summed E-state index contributed by atoms with van der Waals surface area (Å²) in [6.45, 7) is 4.21. The van der Waals surface area contributed by atoms with Crippen LogP contribution in [0.2, 0.25) is 0 Å². The molecule has 4 aliphatic carbocycles. The summed E-state index contributed by atoms with van der Waals surface area (Å²) in [5.41, 5.74) is 0.644. The van der Waals surface area contributed by atoms with Crippen LogP contribution in [-0.4, -0.2) is 12.6 Å². The molecule has 0 aromatic heterocycles. The number of hydrogen-bond donors (Lipinski definition) is 2. The molecule has 0 aromatic carbocycles. The van der Waals surface area contributed by atoms with Crippen LogP contribution in [0.3, 0.4) is 0 Å². The van der Waals surface area contributed by atoms with Crippen molar-refractivity contribution < 1.29 is 0 Å². The largest absolute Gasteiger partial charge is 0.292 e. The van der Waals surface area contributed by atoms with Gasteiger partial charge in [0.2, 0.25) is 0 Å². The van der Waals surface area contributed by atoms with Gasteiger partial charge in [0.25, 0.3) is 0 Å². The first-order valence-electron chi connectivity index (χ1n) is 6.57. The van der Waals surface area contributed by atoms with Gasteiger partial charge >= 0.3 is 0 Å². The molecule has 5 fully saturated rings. The molecule has 2 radical (unpaired) electrons. The van der Waals surface area contributed by atoms with Gasteiger partial charge < -0.3 is 0 Å². The molecule has 2 nitrogen and oxygen atoms in total. The molecule has 2 heteroatoms. The van der Waals surface area contributed by atoms with Gasteiger partial charge in [-0.25, -0.2) is 0 Å². The zero-order valence-electron chi connectivity index (χ0n) is 9.26. The van der Waals surface area contributed by atoms with Crippen molar-refractivity contribution in [1.29, 1.82) is 0 Å². The summed E-state index contributed by atoms with van der Waals surface area (Å²) >= 11 is 0. The standard InChI is InChI=1S/C13H20N2/c1-9-2-11-3-10(1)5-13(4-9,6-11)12-7-14-8-15-12/h9-12,14-15H,1-7H2. The lowest BCUT2D eigenvalue weighted by Crippen LogP contribution is -2.55. The van der Waals surface area contributed by atoms with Crippen LogP contribution < -0.4 is 10.6 Å². The van der Waals surface area contributed by atoms with Crippen LogP contribution in [-0.2, 0) is 0 Å². The maximum atomic E-state index is 3.45. The molecule has 4 bridgehead atoms. The Bertz CT molecular complexity index is 232. The maximum Gasteiger partial charge on any atom is 0.140 e. The van der Waals surface area contributed by atoms with Gasteiger partial charge in [0, 0.05) is 12.6 Å². The fourth-order valence-corrected chi connectivity index (χ4v) is 5.32. The molecular formula is C13H20N2. The Kier molecular flexibility index (Phi) is 1.79. The predicted octanol–water partition coefficient (Wildman–Crippen LogP) is 1.76. The highest BCUT2D eigenvalue weighted by Gasteiger charge is 2.54. The van der Waals surface area contributed by atoms with E-state index in [9.17, 15) is 0 Å². The summed E-state index contributed by atoms with van der Waals surface area (Å²) in [7, 11) is 0. The topological polar surface area (TPSA) is 24.1 Å². The van der Waals surface area contributed by atoms with Crippen LogP contribution in [0.5, 0.6) is 0 Å². The van der Waals surface area contributed by atoms with E-state index in [1.165, 1.54) is 19.3 Å². The van der Waals surface area contributed by atoms with Gasteiger partial charge in [-0.15, -0.1) is 0 Å². The normalized spacial score (nSPS) is 57.6. The molecule has 4 saturated carbocycles. The van der Waals surface area contributed by atoms with Crippen LogP contribution in [0.15, 0.2) is 0 Å². The third kappa shape index (κ3) is 1.24. The van der Waals surface area contributed by atoms with E-state index < -0.39 is 0 Å². The molecule has 1 saturated heterocycles. The number of rotatable bonds is 1. The third-order valence-electron chi connectivity index (χ3n) is 5.47. The van der Waals surface area contributed by atoms with Crippen molar-refractivity contribution in [1.82, 2.24) is 10.6 Å². The first-order chi connectivity index (χ1) is 7.34. The SMILES string of the molecule is [C]1NCC(C23CC4CC(CC(C4)C2)C3)N1. The summed E-state index contributed by atoms with van der Waals surface area (Å²) in [4.78, 5) is 0. The summed E-state index contributed by atoms with van der Waals surface area (Å²) < 4.78 is 0. The van der Waals surface area contributed by atoms with Crippen LogP contribution in [0.25, 0.3) is 0 Å². The molecule has 1 heterocycles. The Hall–Kier alpha value is -0.0800. The second-order valence-electron chi connectivity index (χ2n) is 6.48. The number of hydrogen-bond acceptors (Lipinski definition) is 2. The van der Waals surface area contributed by atoms with Gasteiger partial charge in [-0.05, 0) is 61.7 Å². The third-order valence-corrected chi connectivity index (χ3v) is 5.47. The second kappa shape index (κ2) is 2.98. The Labute approximate surface area is 92.2 Å². The minimum atomic E-state index is 0.644. The molecule has 0 amide bonds. The van der Waals surface area contributed by atoms with Gasteiger partial charge in [-0.1, -0.05) is 0 Å². The Morgan fingerprint density at radius 3 is 2.00 bits per heavy atom. The highest BCUT2D eigenvalue weighted by atomic mass is 15.2. The van der Waals surface area contributed by atoms with E-state index in [4.69, 9.17) is 0 Å². The van der Waals surface area contributed by atoms with Crippen molar-refractivity contribution in [3.8, 4) is 0 Å². The van der Waals surface area contributed by atoms with Crippen molar-refractivity contribution in [2.24, 2.45) is 23.2 Å². The van der Waals surface area contributed by atoms with Crippen LogP contribution in [0.1, 0.15) is 38.5 Å². The van der Waals surface area contributed by atoms with E-state index in [0.717, 1.165) is 24.3 Å². The van der Waals surface area contributed by atoms with Gasteiger partial charge in [0.1, 0.15) is 6.67 Å². The van der Waals surface area contributed by atoms with E-state index in [2.05, 4.69) is 17.3 Å². The molecule has 5 rings (SSSR count). The van der Waals surface area contributed by atoms with Crippen molar-refractivity contribution >= 4 is 0 Å².